The zero-order valence-electron chi connectivity index (χ0n) is 12.1. The van der Waals surface area contributed by atoms with Crippen LogP contribution in [0.4, 0.5) is 11.5 Å². The molecule has 5 nitrogen and oxygen atoms in total. The molecule has 3 N–H and O–H groups in total. The zero-order valence-corrected chi connectivity index (χ0v) is 12.9. The number of anilines is 2. The Kier molecular flexibility index (Phi) is 5.16. The highest BCUT2D eigenvalue weighted by atomic mass is 32.2. The van der Waals surface area contributed by atoms with Gasteiger partial charge >= 0.3 is 0 Å². The molecule has 0 aliphatic heterocycles. The molecular formula is C15H18N4OS. The summed E-state index contributed by atoms with van der Waals surface area (Å²) in [4.78, 5) is 20.3. The Hall–Kier alpha value is -2.08. The van der Waals surface area contributed by atoms with Crippen molar-refractivity contribution in [1.82, 2.24) is 9.97 Å². The molecule has 0 atom stereocenters. The topological polar surface area (TPSA) is 80.9 Å². The molecule has 0 radical (unpaired) electrons. The number of carbonyl (C=O) groups is 1. The summed E-state index contributed by atoms with van der Waals surface area (Å²) in [6, 6.07) is 9.48. The predicted octanol–water partition coefficient (Wildman–Crippen LogP) is 2.66. The number of aromatic nitrogens is 2. The van der Waals surface area contributed by atoms with E-state index < -0.39 is 0 Å². The van der Waals surface area contributed by atoms with Crippen molar-refractivity contribution in [2.24, 2.45) is 0 Å². The number of thioether (sulfide) groups is 1. The second-order valence-corrected chi connectivity index (χ2v) is 5.51. The van der Waals surface area contributed by atoms with Gasteiger partial charge in [0.05, 0.1) is 5.75 Å². The van der Waals surface area contributed by atoms with Crippen molar-refractivity contribution in [2.75, 3.05) is 16.8 Å². The highest BCUT2D eigenvalue weighted by Gasteiger charge is 2.08. The van der Waals surface area contributed by atoms with E-state index in [1.807, 2.05) is 31.2 Å². The van der Waals surface area contributed by atoms with Gasteiger partial charge in [0.1, 0.15) is 5.82 Å². The van der Waals surface area contributed by atoms with E-state index in [1.165, 1.54) is 11.8 Å². The van der Waals surface area contributed by atoms with Crippen molar-refractivity contribution in [2.45, 2.75) is 25.4 Å². The highest BCUT2D eigenvalue weighted by Crippen LogP contribution is 2.18. The number of benzene rings is 1. The number of hydrogen-bond acceptors (Lipinski definition) is 5. The first-order valence-electron chi connectivity index (χ1n) is 6.70. The zero-order chi connectivity index (χ0) is 15.2. The summed E-state index contributed by atoms with van der Waals surface area (Å²) in [6.07, 6.45) is 0.876. The molecule has 0 saturated carbocycles. The quantitative estimate of drug-likeness (QED) is 0.655. The van der Waals surface area contributed by atoms with E-state index in [1.54, 1.807) is 6.07 Å². The van der Waals surface area contributed by atoms with Crippen molar-refractivity contribution < 1.29 is 4.79 Å². The summed E-state index contributed by atoms with van der Waals surface area (Å²) in [5.74, 6) is 0.590. The molecule has 1 aromatic carbocycles. The monoisotopic (exact) mass is 302 g/mol. The molecule has 0 aliphatic rings. The fourth-order valence-electron chi connectivity index (χ4n) is 1.90. The number of carbonyl (C=O) groups excluding carboxylic acids is 1. The smallest absolute Gasteiger partial charge is 0.234 e. The number of amides is 1. The van der Waals surface area contributed by atoms with Gasteiger partial charge in [-0.15, -0.1) is 0 Å². The van der Waals surface area contributed by atoms with Crippen molar-refractivity contribution in [1.29, 1.82) is 0 Å². The third kappa shape index (κ3) is 4.46. The van der Waals surface area contributed by atoms with E-state index in [2.05, 4.69) is 22.2 Å². The molecule has 2 aromatic rings. The first-order chi connectivity index (χ1) is 10.1. The Balaban J connectivity index is 1.96. The van der Waals surface area contributed by atoms with Crippen molar-refractivity contribution >= 4 is 29.2 Å². The van der Waals surface area contributed by atoms with Crippen molar-refractivity contribution in [3.8, 4) is 0 Å². The molecule has 0 unspecified atom stereocenters. The number of hydrogen-bond donors (Lipinski definition) is 2. The molecule has 1 heterocycles. The van der Waals surface area contributed by atoms with Crippen molar-refractivity contribution in [3.05, 3.63) is 41.6 Å². The molecule has 110 valence electrons. The Bertz CT molecular complexity index is 625. The number of aryl methyl sites for hydroxylation is 2. The maximum Gasteiger partial charge on any atom is 0.234 e. The molecule has 0 spiro atoms. The number of para-hydroxylation sites is 1. The van der Waals surface area contributed by atoms with Gasteiger partial charge in [0.2, 0.25) is 5.91 Å². The van der Waals surface area contributed by atoms with E-state index in [9.17, 15) is 4.79 Å². The average molecular weight is 302 g/mol. The van der Waals surface area contributed by atoms with E-state index in [0.717, 1.165) is 23.4 Å². The number of nitrogens with two attached hydrogens (primary N) is 1. The Labute approximate surface area is 128 Å². The van der Waals surface area contributed by atoms with Crippen LogP contribution in [0.3, 0.4) is 0 Å². The summed E-state index contributed by atoms with van der Waals surface area (Å²) in [5.41, 5.74) is 8.43. The average Bonchev–Trinajstić information content (AvgIpc) is 2.45. The molecule has 2 rings (SSSR count). The molecule has 6 heteroatoms. The summed E-state index contributed by atoms with van der Waals surface area (Å²) in [5, 5.41) is 3.43. The van der Waals surface area contributed by atoms with Crippen LogP contribution in [0.1, 0.15) is 18.2 Å². The number of nitrogens with one attached hydrogen (secondary N) is 1. The lowest BCUT2D eigenvalue weighted by atomic mass is 10.1. The van der Waals surface area contributed by atoms with Gasteiger partial charge in [0.15, 0.2) is 5.16 Å². The minimum atomic E-state index is -0.0791. The summed E-state index contributed by atoms with van der Waals surface area (Å²) in [6.45, 7) is 3.91. The van der Waals surface area contributed by atoms with Crippen molar-refractivity contribution in [3.63, 3.8) is 0 Å². The van der Waals surface area contributed by atoms with Gasteiger partial charge in [-0.2, -0.15) is 0 Å². The van der Waals surface area contributed by atoms with Gasteiger partial charge in [-0.25, -0.2) is 9.97 Å². The van der Waals surface area contributed by atoms with Crippen LogP contribution in [0, 0.1) is 6.92 Å². The van der Waals surface area contributed by atoms with E-state index >= 15 is 0 Å². The molecule has 0 fully saturated rings. The largest absolute Gasteiger partial charge is 0.384 e. The molecule has 21 heavy (non-hydrogen) atoms. The summed E-state index contributed by atoms with van der Waals surface area (Å²) >= 11 is 1.28. The van der Waals surface area contributed by atoms with Crippen LogP contribution >= 0.6 is 11.8 Å². The Morgan fingerprint density at radius 3 is 2.81 bits per heavy atom. The summed E-state index contributed by atoms with van der Waals surface area (Å²) < 4.78 is 0. The van der Waals surface area contributed by atoms with Gasteiger partial charge in [-0.05, 0) is 25.0 Å². The second kappa shape index (κ2) is 7.08. The van der Waals surface area contributed by atoms with E-state index in [-0.39, 0.29) is 11.7 Å². The van der Waals surface area contributed by atoms with Crippen LogP contribution in [0.5, 0.6) is 0 Å². The van der Waals surface area contributed by atoms with Gasteiger partial charge in [0.25, 0.3) is 0 Å². The maximum atomic E-state index is 12.0. The Morgan fingerprint density at radius 2 is 2.10 bits per heavy atom. The minimum Gasteiger partial charge on any atom is -0.384 e. The minimum absolute atomic E-state index is 0.0791. The molecule has 1 aromatic heterocycles. The van der Waals surface area contributed by atoms with Crippen LogP contribution in [0.25, 0.3) is 0 Å². The molecule has 0 aliphatic carbocycles. The predicted molar refractivity (Wildman–Crippen MR) is 86.4 cm³/mol. The first kappa shape index (κ1) is 15.3. The molecule has 0 bridgehead atoms. The van der Waals surface area contributed by atoms with Crippen LogP contribution < -0.4 is 11.1 Å². The van der Waals surface area contributed by atoms with Crippen LogP contribution in [-0.2, 0) is 11.2 Å². The normalized spacial score (nSPS) is 10.4. The van der Waals surface area contributed by atoms with E-state index in [4.69, 9.17) is 5.73 Å². The fourth-order valence-corrected chi connectivity index (χ4v) is 2.61. The number of rotatable bonds is 5. The lowest BCUT2D eigenvalue weighted by molar-refractivity contribution is -0.113. The SMILES string of the molecule is CCc1ccccc1NC(=O)CSc1nc(C)cc(N)n1. The number of nitrogens with zero attached hydrogens (tertiary/aromatic N) is 2. The summed E-state index contributed by atoms with van der Waals surface area (Å²) in [7, 11) is 0. The third-order valence-electron chi connectivity index (χ3n) is 2.86. The fraction of sp³-hybridized carbons (Fsp3) is 0.267. The van der Waals surface area contributed by atoms with Crippen LogP contribution in [0.2, 0.25) is 0 Å². The molecule has 0 saturated heterocycles. The lowest BCUT2D eigenvalue weighted by Gasteiger charge is -2.09. The third-order valence-corrected chi connectivity index (χ3v) is 3.71. The standard InChI is InChI=1S/C15H18N4OS/c1-3-11-6-4-5-7-12(11)18-14(20)9-21-15-17-10(2)8-13(16)19-15/h4-8H,3,9H2,1-2H3,(H,18,20)(H2,16,17,19). The molecular weight excluding hydrogens is 284 g/mol. The molecule has 1 amide bonds. The van der Waals surface area contributed by atoms with Gasteiger partial charge in [0, 0.05) is 17.4 Å². The second-order valence-electron chi connectivity index (χ2n) is 4.56. The Morgan fingerprint density at radius 1 is 1.33 bits per heavy atom. The first-order valence-corrected chi connectivity index (χ1v) is 7.68. The van der Waals surface area contributed by atoms with E-state index in [0.29, 0.717) is 11.0 Å². The maximum absolute atomic E-state index is 12.0. The van der Waals surface area contributed by atoms with Gasteiger partial charge in [-0.1, -0.05) is 36.9 Å². The van der Waals surface area contributed by atoms with Gasteiger partial charge < -0.3 is 11.1 Å². The van der Waals surface area contributed by atoms with Crippen LogP contribution in [-0.4, -0.2) is 21.6 Å². The van der Waals surface area contributed by atoms with Crippen LogP contribution in [0.15, 0.2) is 35.5 Å². The number of nitrogen functional groups attached to an aromatic ring is 1. The lowest BCUT2D eigenvalue weighted by Crippen LogP contribution is -2.15. The van der Waals surface area contributed by atoms with Gasteiger partial charge in [-0.3, -0.25) is 4.79 Å². The highest BCUT2D eigenvalue weighted by molar-refractivity contribution is 7.99.